The molecule has 0 aromatic carbocycles. The van der Waals surface area contributed by atoms with Crippen molar-refractivity contribution in [3.63, 3.8) is 0 Å². The first-order valence-electron chi connectivity index (χ1n) is 6.73. The van der Waals surface area contributed by atoms with Gasteiger partial charge in [0.1, 0.15) is 6.04 Å². The summed E-state index contributed by atoms with van der Waals surface area (Å²) in [7, 11) is 0. The van der Waals surface area contributed by atoms with Crippen LogP contribution in [0.25, 0.3) is 0 Å². The predicted molar refractivity (Wildman–Crippen MR) is 74.0 cm³/mol. The van der Waals surface area contributed by atoms with Crippen LogP contribution in [0.4, 0.5) is 4.79 Å². The lowest BCUT2D eigenvalue weighted by Crippen LogP contribution is -2.49. The summed E-state index contributed by atoms with van der Waals surface area (Å²) in [5.41, 5.74) is 1.48. The molecule has 1 aliphatic rings. The summed E-state index contributed by atoms with van der Waals surface area (Å²) < 4.78 is 0. The fraction of sp³-hybridized carbons (Fsp3) is 0.714. The molecule has 0 aromatic rings. The fourth-order valence-electron chi connectivity index (χ4n) is 2.11. The van der Waals surface area contributed by atoms with E-state index in [0.717, 1.165) is 6.42 Å². The largest absolute Gasteiger partial charge is 0.480 e. The molecule has 1 rings (SSSR count). The minimum Gasteiger partial charge on any atom is -0.480 e. The summed E-state index contributed by atoms with van der Waals surface area (Å²) in [5.74, 6) is -0.987. The molecule has 0 saturated heterocycles. The molecule has 0 aliphatic carbocycles. The van der Waals surface area contributed by atoms with Gasteiger partial charge in [0.15, 0.2) is 0 Å². The number of carbonyl (C=O) groups excluding carboxylic acids is 1. The molecule has 0 unspecified atom stereocenters. The van der Waals surface area contributed by atoms with Gasteiger partial charge in [0, 0.05) is 13.1 Å². The fourth-order valence-corrected chi connectivity index (χ4v) is 2.11. The maximum Gasteiger partial charge on any atom is 0.326 e. The molecule has 19 heavy (non-hydrogen) atoms. The van der Waals surface area contributed by atoms with Crippen molar-refractivity contribution in [1.82, 2.24) is 10.2 Å². The number of hydrogen-bond donors (Lipinski definition) is 2. The quantitative estimate of drug-likeness (QED) is 0.771. The number of urea groups is 1. The zero-order chi connectivity index (χ0) is 14.6. The molecule has 2 amide bonds. The van der Waals surface area contributed by atoms with E-state index in [9.17, 15) is 9.59 Å². The van der Waals surface area contributed by atoms with Crippen LogP contribution in [0.2, 0.25) is 0 Å². The summed E-state index contributed by atoms with van der Waals surface area (Å²) in [6.07, 6.45) is 3.31. The standard InChI is InChI=1S/C14H24N2O3/c1-5-11(12(17)18)15-13(19)16-8-6-10(7-9-16)14(2,3)4/h6,11H,5,7-9H2,1-4H3,(H,15,19)(H,17,18)/t11-/m1/s1. The van der Waals surface area contributed by atoms with E-state index in [1.165, 1.54) is 5.57 Å². The van der Waals surface area contributed by atoms with Crippen LogP contribution >= 0.6 is 0 Å². The highest BCUT2D eigenvalue weighted by Crippen LogP contribution is 2.29. The van der Waals surface area contributed by atoms with E-state index >= 15 is 0 Å². The Morgan fingerprint density at radius 1 is 1.47 bits per heavy atom. The summed E-state index contributed by atoms with van der Waals surface area (Å²) in [6.45, 7) is 9.41. The second kappa shape index (κ2) is 6.08. The molecule has 2 N–H and O–H groups in total. The van der Waals surface area contributed by atoms with Crippen molar-refractivity contribution in [1.29, 1.82) is 0 Å². The molecule has 1 atom stereocenters. The van der Waals surface area contributed by atoms with Gasteiger partial charge in [-0.15, -0.1) is 0 Å². The maximum atomic E-state index is 12.0. The van der Waals surface area contributed by atoms with Crippen molar-refractivity contribution in [3.8, 4) is 0 Å². The molecule has 0 aromatic heterocycles. The Morgan fingerprint density at radius 2 is 2.11 bits per heavy atom. The number of nitrogens with zero attached hydrogens (tertiary/aromatic N) is 1. The monoisotopic (exact) mass is 268 g/mol. The molecule has 5 nitrogen and oxygen atoms in total. The van der Waals surface area contributed by atoms with E-state index in [1.54, 1.807) is 11.8 Å². The highest BCUT2D eigenvalue weighted by atomic mass is 16.4. The van der Waals surface area contributed by atoms with Crippen molar-refractivity contribution < 1.29 is 14.7 Å². The second-order valence-corrected chi connectivity index (χ2v) is 5.92. The Kier molecular flexibility index (Phi) is 4.97. The third kappa shape index (κ3) is 4.26. The van der Waals surface area contributed by atoms with E-state index in [-0.39, 0.29) is 11.4 Å². The first-order chi connectivity index (χ1) is 8.75. The van der Waals surface area contributed by atoms with Crippen molar-refractivity contribution in [2.45, 2.75) is 46.6 Å². The Morgan fingerprint density at radius 3 is 2.47 bits per heavy atom. The Labute approximate surface area is 114 Å². The van der Waals surface area contributed by atoms with Gasteiger partial charge < -0.3 is 15.3 Å². The summed E-state index contributed by atoms with van der Waals surface area (Å²) in [4.78, 5) is 24.5. The van der Waals surface area contributed by atoms with Gasteiger partial charge in [-0.3, -0.25) is 0 Å². The normalized spacial score (nSPS) is 17.7. The topological polar surface area (TPSA) is 69.6 Å². The number of carbonyl (C=O) groups is 2. The number of hydrogen-bond acceptors (Lipinski definition) is 2. The van der Waals surface area contributed by atoms with Crippen LogP contribution in [0.1, 0.15) is 40.5 Å². The molecule has 0 fully saturated rings. The van der Waals surface area contributed by atoms with Crippen molar-refractivity contribution in [2.75, 3.05) is 13.1 Å². The molecule has 0 spiro atoms. The molecule has 0 saturated carbocycles. The number of nitrogens with one attached hydrogen (secondary N) is 1. The third-order valence-electron chi connectivity index (χ3n) is 3.46. The van der Waals surface area contributed by atoms with E-state index < -0.39 is 12.0 Å². The molecule has 0 radical (unpaired) electrons. The van der Waals surface area contributed by atoms with Gasteiger partial charge in [0.25, 0.3) is 0 Å². The highest BCUT2D eigenvalue weighted by molar-refractivity contribution is 5.82. The lowest BCUT2D eigenvalue weighted by atomic mass is 9.83. The first kappa shape index (κ1) is 15.5. The van der Waals surface area contributed by atoms with E-state index in [0.29, 0.717) is 19.5 Å². The number of rotatable bonds is 3. The number of aliphatic carboxylic acids is 1. The van der Waals surface area contributed by atoms with Crippen LogP contribution in [0, 0.1) is 5.41 Å². The lowest BCUT2D eigenvalue weighted by Gasteiger charge is -2.32. The van der Waals surface area contributed by atoms with Crippen LogP contribution < -0.4 is 5.32 Å². The SMILES string of the molecule is CC[C@@H](NC(=O)N1CC=C(C(C)(C)C)CC1)C(=O)O. The zero-order valence-corrected chi connectivity index (χ0v) is 12.2. The van der Waals surface area contributed by atoms with Crippen molar-refractivity contribution in [2.24, 2.45) is 5.41 Å². The Balaban J connectivity index is 2.58. The Bertz CT molecular complexity index is 383. The van der Waals surface area contributed by atoms with Crippen molar-refractivity contribution in [3.05, 3.63) is 11.6 Å². The van der Waals surface area contributed by atoms with E-state index in [2.05, 4.69) is 32.2 Å². The molecule has 0 bridgehead atoms. The number of amides is 2. The van der Waals surface area contributed by atoms with Gasteiger partial charge >= 0.3 is 12.0 Å². The van der Waals surface area contributed by atoms with Gasteiger partial charge in [-0.2, -0.15) is 0 Å². The molecular weight excluding hydrogens is 244 g/mol. The number of carboxylic acid groups (broad SMARTS) is 1. The van der Waals surface area contributed by atoms with Crippen LogP contribution in [0.5, 0.6) is 0 Å². The summed E-state index contributed by atoms with van der Waals surface area (Å²) in [6, 6.07) is -1.10. The third-order valence-corrected chi connectivity index (χ3v) is 3.46. The van der Waals surface area contributed by atoms with Crippen LogP contribution in [0.3, 0.4) is 0 Å². The van der Waals surface area contributed by atoms with Gasteiger partial charge in [0.05, 0.1) is 0 Å². The van der Waals surface area contributed by atoms with Gasteiger partial charge in [-0.05, 0) is 18.3 Å². The van der Waals surface area contributed by atoms with Crippen LogP contribution in [0.15, 0.2) is 11.6 Å². The maximum absolute atomic E-state index is 12.0. The average molecular weight is 268 g/mol. The van der Waals surface area contributed by atoms with E-state index in [1.807, 2.05) is 0 Å². The zero-order valence-electron chi connectivity index (χ0n) is 12.2. The minimum absolute atomic E-state index is 0.135. The minimum atomic E-state index is -0.987. The summed E-state index contributed by atoms with van der Waals surface area (Å²) in [5, 5.41) is 11.5. The number of carboxylic acids is 1. The van der Waals surface area contributed by atoms with Crippen LogP contribution in [-0.2, 0) is 4.79 Å². The first-order valence-corrected chi connectivity index (χ1v) is 6.73. The van der Waals surface area contributed by atoms with Crippen molar-refractivity contribution >= 4 is 12.0 Å². The molecule has 5 heteroatoms. The summed E-state index contributed by atoms with van der Waals surface area (Å²) >= 11 is 0. The van der Waals surface area contributed by atoms with Gasteiger partial charge in [-0.1, -0.05) is 39.3 Å². The van der Waals surface area contributed by atoms with Gasteiger partial charge in [0.2, 0.25) is 0 Å². The van der Waals surface area contributed by atoms with Gasteiger partial charge in [-0.25, -0.2) is 9.59 Å². The lowest BCUT2D eigenvalue weighted by molar-refractivity contribution is -0.139. The second-order valence-electron chi connectivity index (χ2n) is 5.92. The average Bonchev–Trinajstić information content (AvgIpc) is 2.34. The Hall–Kier alpha value is -1.52. The molecule has 108 valence electrons. The van der Waals surface area contributed by atoms with Crippen LogP contribution in [-0.4, -0.2) is 41.1 Å². The predicted octanol–water partition coefficient (Wildman–Crippen LogP) is 2.24. The molecular formula is C14H24N2O3. The molecule has 1 heterocycles. The van der Waals surface area contributed by atoms with E-state index in [4.69, 9.17) is 5.11 Å². The highest BCUT2D eigenvalue weighted by Gasteiger charge is 2.25. The molecule has 1 aliphatic heterocycles. The smallest absolute Gasteiger partial charge is 0.326 e.